The molecule has 0 fully saturated rings. The van der Waals surface area contributed by atoms with Crippen molar-refractivity contribution in [3.05, 3.63) is 52.8 Å². The molecule has 0 spiro atoms. The van der Waals surface area contributed by atoms with Gasteiger partial charge in [-0.05, 0) is 19.4 Å². The van der Waals surface area contributed by atoms with Gasteiger partial charge in [-0.3, -0.25) is 13.8 Å². The van der Waals surface area contributed by atoms with Gasteiger partial charge in [0.15, 0.2) is 0 Å². The molecule has 2 atom stereocenters. The highest BCUT2D eigenvalue weighted by atomic mass is 32.2. The number of nitrogens with zero attached hydrogens (tertiary/aromatic N) is 1. The number of hydrogen-bond acceptors (Lipinski definition) is 4. The monoisotopic (exact) mass is 345 g/mol. The zero-order valence-corrected chi connectivity index (χ0v) is 14.7. The van der Waals surface area contributed by atoms with Gasteiger partial charge in [0.1, 0.15) is 5.69 Å². The average Bonchev–Trinajstić information content (AvgIpc) is 3.13. The minimum absolute atomic E-state index is 0.169. The largest absolute Gasteiger partial charge is 0.469 e. The molecule has 126 valence electrons. The molecule has 1 aromatic heterocycles. The highest BCUT2D eigenvalue weighted by Gasteiger charge is 2.35. The molecule has 0 N–H and O–H groups in total. The Labute approximate surface area is 143 Å². The molecule has 0 radical (unpaired) electrons. The topological polar surface area (TPSA) is 65.4 Å². The van der Waals surface area contributed by atoms with E-state index >= 15 is 0 Å². The van der Waals surface area contributed by atoms with Gasteiger partial charge in [0.05, 0.1) is 28.7 Å². The van der Waals surface area contributed by atoms with Gasteiger partial charge < -0.3 is 9.30 Å². The maximum Gasteiger partial charge on any atom is 0.314 e. The average molecular weight is 345 g/mol. The minimum Gasteiger partial charge on any atom is -0.469 e. The van der Waals surface area contributed by atoms with E-state index in [4.69, 9.17) is 4.74 Å². The number of rotatable bonds is 4. The maximum atomic E-state index is 13.0. The van der Waals surface area contributed by atoms with Gasteiger partial charge in [-0.2, -0.15) is 0 Å². The van der Waals surface area contributed by atoms with Gasteiger partial charge in [-0.1, -0.05) is 29.8 Å². The molecule has 1 aromatic carbocycles. The summed E-state index contributed by atoms with van der Waals surface area (Å²) in [4.78, 5) is 25.4. The van der Waals surface area contributed by atoms with Crippen LogP contribution in [0, 0.1) is 6.92 Å². The normalized spacial score (nSPS) is 17.4. The molecule has 2 aromatic rings. The number of ether oxygens (including phenoxy) is 1. The van der Waals surface area contributed by atoms with Crippen LogP contribution in [0.2, 0.25) is 0 Å². The highest BCUT2D eigenvalue weighted by molar-refractivity contribution is 7.84. The molecule has 0 aliphatic carbocycles. The summed E-state index contributed by atoms with van der Waals surface area (Å²) in [5.41, 5.74) is 2.75. The van der Waals surface area contributed by atoms with Crippen molar-refractivity contribution >= 4 is 22.6 Å². The lowest BCUT2D eigenvalue weighted by atomic mass is 10.0. The fourth-order valence-electron chi connectivity index (χ4n) is 3.15. The van der Waals surface area contributed by atoms with Gasteiger partial charge in [0, 0.05) is 24.1 Å². The van der Waals surface area contributed by atoms with Crippen LogP contribution in [0.15, 0.2) is 35.2 Å². The zero-order valence-electron chi connectivity index (χ0n) is 13.9. The first-order valence-corrected chi connectivity index (χ1v) is 9.26. The summed E-state index contributed by atoms with van der Waals surface area (Å²) in [6.45, 7) is 2.50. The molecule has 24 heavy (non-hydrogen) atoms. The van der Waals surface area contributed by atoms with Crippen LogP contribution in [0.25, 0.3) is 0 Å². The van der Waals surface area contributed by atoms with Crippen LogP contribution in [0.1, 0.15) is 39.6 Å². The lowest BCUT2D eigenvalue weighted by Gasteiger charge is -2.08. The molecule has 0 amide bonds. The van der Waals surface area contributed by atoms with Crippen molar-refractivity contribution < 1.29 is 18.5 Å². The van der Waals surface area contributed by atoms with E-state index in [2.05, 4.69) is 0 Å². The van der Waals surface area contributed by atoms with E-state index in [9.17, 15) is 13.8 Å². The fraction of sp³-hybridized carbons (Fsp3) is 0.333. The van der Waals surface area contributed by atoms with Gasteiger partial charge in [0.2, 0.25) is 5.78 Å². The van der Waals surface area contributed by atoms with Crippen LogP contribution >= 0.6 is 0 Å². The third-order valence-electron chi connectivity index (χ3n) is 4.42. The smallest absolute Gasteiger partial charge is 0.314 e. The van der Waals surface area contributed by atoms with Crippen molar-refractivity contribution in [3.63, 3.8) is 0 Å². The first-order chi connectivity index (χ1) is 11.4. The molecule has 2 heterocycles. The van der Waals surface area contributed by atoms with Crippen molar-refractivity contribution in [3.8, 4) is 0 Å². The van der Waals surface area contributed by atoms with Crippen molar-refractivity contribution in [2.75, 3.05) is 13.4 Å². The molecule has 0 saturated heterocycles. The second-order valence-electron chi connectivity index (χ2n) is 5.95. The summed E-state index contributed by atoms with van der Waals surface area (Å²) in [5, 5.41) is 0. The van der Waals surface area contributed by atoms with Crippen LogP contribution in [-0.2, 0) is 26.9 Å². The Bertz CT molecular complexity index is 835. The molecule has 2 unspecified atom stereocenters. The number of methoxy groups -OCH3 is 1. The van der Waals surface area contributed by atoms with E-state index in [1.807, 2.05) is 23.6 Å². The lowest BCUT2D eigenvalue weighted by molar-refractivity contribution is -0.142. The zero-order chi connectivity index (χ0) is 17.4. The van der Waals surface area contributed by atoms with E-state index in [0.29, 0.717) is 34.8 Å². The summed E-state index contributed by atoms with van der Waals surface area (Å²) in [5.74, 6) is -0.900. The molecule has 0 bridgehead atoms. The third-order valence-corrected chi connectivity index (χ3v) is 5.35. The summed E-state index contributed by atoms with van der Waals surface area (Å²) >= 11 is 0. The number of hydrogen-bond donors (Lipinski definition) is 0. The van der Waals surface area contributed by atoms with E-state index in [-0.39, 0.29) is 11.8 Å². The molecule has 3 rings (SSSR count). The maximum absolute atomic E-state index is 13.0. The Morgan fingerprint density at radius 2 is 1.92 bits per heavy atom. The number of aryl methyl sites for hydroxylation is 1. The standard InChI is InChI=1S/C18H19NO4S/c1-11-4-6-12(7-5-11)17(20)16-15(24(3)22)10-14-13(18(21)23-2)8-9-19(14)16/h4-7,10,13H,8-9H2,1-3H3. The van der Waals surface area contributed by atoms with Gasteiger partial charge in [0.25, 0.3) is 0 Å². The van der Waals surface area contributed by atoms with Crippen LogP contribution < -0.4 is 0 Å². The van der Waals surface area contributed by atoms with E-state index in [0.717, 1.165) is 5.56 Å². The van der Waals surface area contributed by atoms with Crippen molar-refractivity contribution in [1.29, 1.82) is 0 Å². The Morgan fingerprint density at radius 1 is 1.25 bits per heavy atom. The Balaban J connectivity index is 2.11. The van der Waals surface area contributed by atoms with E-state index < -0.39 is 16.7 Å². The van der Waals surface area contributed by atoms with E-state index in [1.54, 1.807) is 24.5 Å². The second-order valence-corrected chi connectivity index (χ2v) is 7.30. The van der Waals surface area contributed by atoms with Gasteiger partial charge in [-0.15, -0.1) is 0 Å². The van der Waals surface area contributed by atoms with Crippen LogP contribution in [0.3, 0.4) is 0 Å². The minimum atomic E-state index is -1.32. The number of ketones is 1. The van der Waals surface area contributed by atoms with Gasteiger partial charge in [-0.25, -0.2) is 0 Å². The molecular formula is C18H19NO4S. The Morgan fingerprint density at radius 3 is 2.50 bits per heavy atom. The SMILES string of the molecule is COC(=O)C1CCn2c1cc(S(C)=O)c2C(=O)c1ccc(C)cc1. The third kappa shape index (κ3) is 2.71. The van der Waals surface area contributed by atoms with Gasteiger partial charge >= 0.3 is 5.97 Å². The summed E-state index contributed by atoms with van der Waals surface area (Å²) in [6, 6.07) is 9.01. The first kappa shape index (κ1) is 16.6. The number of aromatic nitrogens is 1. The number of carbonyl (C=O) groups is 2. The second kappa shape index (κ2) is 6.36. The number of esters is 1. The molecule has 1 aliphatic heterocycles. The summed E-state index contributed by atoms with van der Waals surface area (Å²) in [7, 11) is 0.0321. The number of benzene rings is 1. The molecule has 1 aliphatic rings. The quantitative estimate of drug-likeness (QED) is 0.630. The number of carbonyl (C=O) groups excluding carboxylic acids is 2. The first-order valence-electron chi connectivity index (χ1n) is 7.70. The summed E-state index contributed by atoms with van der Waals surface area (Å²) < 4.78 is 18.8. The van der Waals surface area contributed by atoms with E-state index in [1.165, 1.54) is 7.11 Å². The lowest BCUT2D eigenvalue weighted by Crippen LogP contribution is -2.12. The van der Waals surface area contributed by atoms with Crippen LogP contribution in [-0.4, -0.2) is 33.9 Å². The van der Waals surface area contributed by atoms with Crippen molar-refractivity contribution in [1.82, 2.24) is 4.57 Å². The van der Waals surface area contributed by atoms with Crippen molar-refractivity contribution in [2.45, 2.75) is 30.7 Å². The highest BCUT2D eigenvalue weighted by Crippen LogP contribution is 2.35. The molecular weight excluding hydrogens is 326 g/mol. The summed E-state index contributed by atoms with van der Waals surface area (Å²) in [6.07, 6.45) is 2.14. The van der Waals surface area contributed by atoms with Crippen LogP contribution in [0.5, 0.6) is 0 Å². The fourth-order valence-corrected chi connectivity index (χ4v) is 3.92. The Hall–Kier alpha value is -2.21. The Kier molecular flexibility index (Phi) is 4.41. The predicted molar refractivity (Wildman–Crippen MR) is 90.7 cm³/mol. The predicted octanol–water partition coefficient (Wildman–Crippen LogP) is 2.43. The van der Waals surface area contributed by atoms with Crippen molar-refractivity contribution in [2.24, 2.45) is 0 Å². The molecule has 6 heteroatoms. The molecule has 0 saturated carbocycles. The number of fused-ring (bicyclic) bond motifs is 1. The molecule has 5 nitrogen and oxygen atoms in total. The van der Waals surface area contributed by atoms with Crippen LogP contribution in [0.4, 0.5) is 0 Å².